The van der Waals surface area contributed by atoms with Crippen LogP contribution < -0.4 is 0 Å². The van der Waals surface area contributed by atoms with Crippen molar-refractivity contribution in [3.05, 3.63) is 46.6 Å². The van der Waals surface area contributed by atoms with E-state index in [1.54, 1.807) is 11.1 Å². The highest BCUT2D eigenvalue weighted by Gasteiger charge is 2.55. The molecule has 2 aliphatic rings. The van der Waals surface area contributed by atoms with Gasteiger partial charge in [0.05, 0.1) is 8.07 Å². The molecule has 0 bridgehead atoms. The first-order valence-electron chi connectivity index (χ1n) is 11.4. The summed E-state index contributed by atoms with van der Waals surface area (Å²) in [6, 6.07) is 0. The van der Waals surface area contributed by atoms with Gasteiger partial charge in [0, 0.05) is 0 Å². The predicted octanol–water partition coefficient (Wildman–Crippen LogP) is 8.86. The van der Waals surface area contributed by atoms with E-state index in [0.29, 0.717) is 22.9 Å². The highest BCUT2D eigenvalue weighted by atomic mass is 28.3. The summed E-state index contributed by atoms with van der Waals surface area (Å²) in [5.41, 5.74) is 9.46. The molecule has 0 aromatic heterocycles. The molecule has 4 atom stereocenters. The van der Waals surface area contributed by atoms with Gasteiger partial charge in [-0.25, -0.2) is 0 Å². The maximum absolute atomic E-state index is 2.68. The van der Waals surface area contributed by atoms with Crippen molar-refractivity contribution >= 4 is 8.07 Å². The second-order valence-corrected chi connectivity index (χ2v) is 15.2. The summed E-state index contributed by atoms with van der Waals surface area (Å²) >= 11 is 0. The molecule has 0 saturated carbocycles. The molecule has 2 aliphatic carbocycles. The minimum absolute atomic E-state index is 0.640. The van der Waals surface area contributed by atoms with Gasteiger partial charge >= 0.3 is 0 Å². The van der Waals surface area contributed by atoms with Crippen LogP contribution in [0, 0.1) is 11.8 Å². The smallest absolute Gasteiger partial charge is 0.0770 e. The van der Waals surface area contributed by atoms with Crippen LogP contribution in [-0.2, 0) is 0 Å². The molecule has 0 amide bonds. The van der Waals surface area contributed by atoms with E-state index in [4.69, 9.17) is 0 Å². The second-order valence-electron chi connectivity index (χ2n) is 9.99. The average molecular weight is 385 g/mol. The summed E-state index contributed by atoms with van der Waals surface area (Å²) in [6.07, 6.45) is 13.0. The number of hydrogen-bond donors (Lipinski definition) is 0. The van der Waals surface area contributed by atoms with Gasteiger partial charge in [0.2, 0.25) is 0 Å². The third-order valence-corrected chi connectivity index (χ3v) is 15.1. The lowest BCUT2D eigenvalue weighted by atomic mass is 10.0. The van der Waals surface area contributed by atoms with Gasteiger partial charge in [0.1, 0.15) is 0 Å². The number of rotatable bonds is 8. The predicted molar refractivity (Wildman–Crippen MR) is 126 cm³/mol. The lowest BCUT2D eigenvalue weighted by molar-refractivity contribution is 0.662. The Hall–Kier alpha value is -0.823. The van der Waals surface area contributed by atoms with E-state index in [-0.39, 0.29) is 0 Å². The molecule has 0 spiro atoms. The van der Waals surface area contributed by atoms with E-state index in [9.17, 15) is 0 Å². The fraction of sp³-hybridized carbons (Fsp3) is 0.692. The standard InChI is InChI=1S/C26H44Si/c1-11-21(9)27(22(10)12-2,25-15-19(7)13-23(25)17(3)4)26-16-20(8)14-24(26)18(5)6/h13-18,21-22,25-26H,11-12H2,1-10H3. The van der Waals surface area contributed by atoms with Crippen molar-refractivity contribution in [1.29, 1.82) is 0 Å². The lowest BCUT2D eigenvalue weighted by Crippen LogP contribution is -2.52. The first-order chi connectivity index (χ1) is 12.6. The molecule has 0 aromatic carbocycles. The molecule has 0 saturated heterocycles. The monoisotopic (exact) mass is 384 g/mol. The molecule has 0 fully saturated rings. The van der Waals surface area contributed by atoms with Crippen molar-refractivity contribution in [2.24, 2.45) is 11.8 Å². The maximum Gasteiger partial charge on any atom is 0.0820 e. The Labute approximate surface area is 170 Å². The molecular weight excluding hydrogens is 340 g/mol. The van der Waals surface area contributed by atoms with Gasteiger partial charge < -0.3 is 0 Å². The average Bonchev–Trinajstić information content (AvgIpc) is 3.19. The Bertz CT molecular complexity index is 598. The topological polar surface area (TPSA) is 0 Å². The van der Waals surface area contributed by atoms with Crippen LogP contribution in [0.15, 0.2) is 46.6 Å². The molecule has 0 aromatic rings. The van der Waals surface area contributed by atoms with Crippen molar-refractivity contribution in [3.63, 3.8) is 0 Å². The van der Waals surface area contributed by atoms with Crippen LogP contribution in [0.1, 0.15) is 82.1 Å². The SMILES string of the molecule is CCC(C)[Si](C(C)CC)(C1C=C(C)C=C1C(C)C)C1C=C(C)C=C1C(C)C. The second kappa shape index (κ2) is 8.68. The van der Waals surface area contributed by atoms with Crippen LogP contribution in [0.5, 0.6) is 0 Å². The zero-order valence-electron chi connectivity index (χ0n) is 19.7. The normalized spacial score (nSPS) is 27.3. The fourth-order valence-corrected chi connectivity index (χ4v) is 14.4. The molecule has 152 valence electrons. The first-order valence-corrected chi connectivity index (χ1v) is 13.7. The van der Waals surface area contributed by atoms with Crippen molar-refractivity contribution in [2.75, 3.05) is 0 Å². The third kappa shape index (κ3) is 3.86. The van der Waals surface area contributed by atoms with Gasteiger partial charge in [0.15, 0.2) is 0 Å². The Morgan fingerprint density at radius 3 is 1.30 bits per heavy atom. The van der Waals surface area contributed by atoms with Gasteiger partial charge in [-0.2, -0.15) is 0 Å². The Morgan fingerprint density at radius 2 is 1.04 bits per heavy atom. The Balaban J connectivity index is 2.76. The summed E-state index contributed by atoms with van der Waals surface area (Å²) in [7, 11) is -1.76. The Morgan fingerprint density at radius 1 is 0.704 bits per heavy atom. The summed E-state index contributed by atoms with van der Waals surface area (Å²) in [5.74, 6) is 1.28. The molecule has 27 heavy (non-hydrogen) atoms. The van der Waals surface area contributed by atoms with Gasteiger partial charge in [0.25, 0.3) is 0 Å². The molecule has 1 heteroatoms. The lowest BCUT2D eigenvalue weighted by Gasteiger charge is -2.52. The highest BCUT2D eigenvalue weighted by molar-refractivity contribution is 6.87. The summed E-state index contributed by atoms with van der Waals surface area (Å²) in [4.78, 5) is 0. The van der Waals surface area contributed by atoms with E-state index >= 15 is 0 Å². The van der Waals surface area contributed by atoms with Crippen LogP contribution in [0.3, 0.4) is 0 Å². The van der Waals surface area contributed by atoms with Crippen molar-refractivity contribution in [1.82, 2.24) is 0 Å². The van der Waals surface area contributed by atoms with Crippen molar-refractivity contribution < 1.29 is 0 Å². The fourth-order valence-electron chi connectivity index (χ4n) is 6.05. The summed E-state index contributed by atoms with van der Waals surface area (Å²) in [6.45, 7) is 24.3. The van der Waals surface area contributed by atoms with Crippen LogP contribution in [0.4, 0.5) is 0 Å². The zero-order chi connectivity index (χ0) is 20.5. The molecule has 4 unspecified atom stereocenters. The molecule has 0 nitrogen and oxygen atoms in total. The number of hydrogen-bond acceptors (Lipinski definition) is 0. The van der Waals surface area contributed by atoms with E-state index in [1.165, 1.54) is 24.0 Å². The van der Waals surface area contributed by atoms with Gasteiger partial charge in [-0.3, -0.25) is 0 Å². The molecule has 2 rings (SSSR count). The van der Waals surface area contributed by atoms with Crippen molar-refractivity contribution in [3.8, 4) is 0 Å². The summed E-state index contributed by atoms with van der Waals surface area (Å²) < 4.78 is 0. The zero-order valence-corrected chi connectivity index (χ0v) is 20.7. The molecular formula is C26H44Si. The van der Waals surface area contributed by atoms with Crippen LogP contribution in [-0.4, -0.2) is 8.07 Å². The van der Waals surface area contributed by atoms with Crippen LogP contribution >= 0.6 is 0 Å². The minimum Gasteiger partial charge on any atom is -0.0770 e. The van der Waals surface area contributed by atoms with E-state index < -0.39 is 8.07 Å². The van der Waals surface area contributed by atoms with Crippen molar-refractivity contribution in [2.45, 2.75) is 104 Å². The Kier molecular flexibility index (Phi) is 7.22. The van der Waals surface area contributed by atoms with Crippen LogP contribution in [0.25, 0.3) is 0 Å². The number of allylic oxidation sites excluding steroid dienone is 8. The van der Waals surface area contributed by atoms with E-state index in [0.717, 1.165) is 11.1 Å². The third-order valence-electron chi connectivity index (χ3n) is 7.71. The molecule has 0 aliphatic heterocycles. The van der Waals surface area contributed by atoms with Gasteiger partial charge in [-0.1, -0.05) is 115 Å². The van der Waals surface area contributed by atoms with Gasteiger partial charge in [-0.05, 0) is 47.8 Å². The highest BCUT2D eigenvalue weighted by Crippen LogP contribution is 2.61. The summed E-state index contributed by atoms with van der Waals surface area (Å²) in [5, 5.41) is 0. The maximum atomic E-state index is 2.68. The van der Waals surface area contributed by atoms with Gasteiger partial charge in [-0.15, -0.1) is 0 Å². The minimum atomic E-state index is -1.76. The van der Waals surface area contributed by atoms with E-state index in [1.807, 2.05) is 0 Å². The van der Waals surface area contributed by atoms with Crippen LogP contribution in [0.2, 0.25) is 22.2 Å². The molecule has 0 radical (unpaired) electrons. The molecule has 0 heterocycles. The quantitative estimate of drug-likeness (QED) is 0.366. The molecule has 0 N–H and O–H groups in total. The largest absolute Gasteiger partial charge is 0.0820 e. The first kappa shape index (κ1) is 22.5. The van der Waals surface area contributed by atoms with E-state index in [2.05, 4.69) is 93.5 Å².